The molecule has 1 N–H and O–H groups in total. The highest BCUT2D eigenvalue weighted by atomic mass is 32.2. The molecule has 4 nitrogen and oxygen atoms in total. The summed E-state index contributed by atoms with van der Waals surface area (Å²) in [4.78, 5) is 4.70. The Morgan fingerprint density at radius 3 is 2.54 bits per heavy atom. The normalized spacial score (nSPS) is 13.5. The molecule has 0 saturated carbocycles. The highest BCUT2D eigenvalue weighted by molar-refractivity contribution is 7.99. The van der Waals surface area contributed by atoms with Crippen LogP contribution >= 0.6 is 11.8 Å². The summed E-state index contributed by atoms with van der Waals surface area (Å²) in [6.07, 6.45) is 2.14. The summed E-state index contributed by atoms with van der Waals surface area (Å²) in [5, 5.41) is 0. The maximum absolute atomic E-state index is 10.9. The molecule has 0 spiro atoms. The molecule has 1 aliphatic rings. The van der Waals surface area contributed by atoms with Gasteiger partial charge in [0.15, 0.2) is 0 Å². The number of hydrogen-bond acceptors (Lipinski definition) is 4. The van der Waals surface area contributed by atoms with Gasteiger partial charge in [-0.2, -0.15) is 8.42 Å². The number of benzene rings is 2. The van der Waals surface area contributed by atoms with Crippen molar-refractivity contribution in [3.8, 4) is 0 Å². The lowest BCUT2D eigenvalue weighted by Crippen LogP contribution is -2.22. The molecule has 24 heavy (non-hydrogen) atoms. The third kappa shape index (κ3) is 3.94. The molecule has 128 valence electrons. The molecule has 1 aliphatic heterocycles. The van der Waals surface area contributed by atoms with Crippen LogP contribution in [-0.2, 0) is 16.5 Å². The molecule has 0 unspecified atom stereocenters. The second-order valence-corrected chi connectivity index (χ2v) is 8.53. The third-order valence-corrected chi connectivity index (χ3v) is 6.07. The summed E-state index contributed by atoms with van der Waals surface area (Å²) in [6, 6.07) is 14.8. The van der Waals surface area contributed by atoms with Crippen LogP contribution in [0.4, 0.5) is 11.4 Å². The fraction of sp³-hybridized carbons (Fsp3) is 0.333. The van der Waals surface area contributed by atoms with Crippen LogP contribution in [0.2, 0.25) is 0 Å². The van der Waals surface area contributed by atoms with E-state index in [1.807, 2.05) is 12.1 Å². The van der Waals surface area contributed by atoms with Gasteiger partial charge < -0.3 is 4.90 Å². The molecule has 2 aromatic carbocycles. The average molecular weight is 364 g/mol. The van der Waals surface area contributed by atoms with Crippen molar-refractivity contribution in [3.05, 3.63) is 48.0 Å². The molecule has 0 aliphatic carbocycles. The Labute approximate surface area is 147 Å². The second-order valence-electron chi connectivity index (χ2n) is 5.87. The molecule has 1 heterocycles. The summed E-state index contributed by atoms with van der Waals surface area (Å²) in [7, 11) is -3.88. The average Bonchev–Trinajstić information content (AvgIpc) is 2.56. The number of rotatable bonds is 6. The van der Waals surface area contributed by atoms with Crippen molar-refractivity contribution in [1.82, 2.24) is 0 Å². The lowest BCUT2D eigenvalue weighted by Gasteiger charge is -2.33. The number of para-hydroxylation sites is 1. The van der Waals surface area contributed by atoms with Crippen molar-refractivity contribution in [2.45, 2.75) is 36.0 Å². The van der Waals surface area contributed by atoms with Crippen LogP contribution in [-0.4, -0.2) is 25.3 Å². The standard InChI is InChI=1S/C18H21NO3S2/c1-2-14-9-10-18-16(13-14)19(11-5-6-12-24(20,21)22)15-7-3-4-8-17(15)23-18/h3-4,7-10,13H,2,5-6,11-12H2,1H3,(H,20,21,22). The molecule has 6 heteroatoms. The topological polar surface area (TPSA) is 57.6 Å². The van der Waals surface area contributed by atoms with E-state index >= 15 is 0 Å². The van der Waals surface area contributed by atoms with Gasteiger partial charge in [0.05, 0.1) is 17.1 Å². The first kappa shape index (κ1) is 17.3. The van der Waals surface area contributed by atoms with E-state index < -0.39 is 10.1 Å². The van der Waals surface area contributed by atoms with E-state index in [9.17, 15) is 8.42 Å². The Kier molecular flexibility index (Phi) is 5.18. The van der Waals surface area contributed by atoms with Crippen LogP contribution in [0, 0.1) is 0 Å². The summed E-state index contributed by atoms with van der Waals surface area (Å²) < 4.78 is 30.7. The van der Waals surface area contributed by atoms with Gasteiger partial charge in [0.25, 0.3) is 10.1 Å². The van der Waals surface area contributed by atoms with Crippen molar-refractivity contribution in [1.29, 1.82) is 0 Å². The van der Waals surface area contributed by atoms with Crippen molar-refractivity contribution in [2.24, 2.45) is 0 Å². The molecule has 0 radical (unpaired) electrons. The van der Waals surface area contributed by atoms with E-state index in [0.29, 0.717) is 12.8 Å². The van der Waals surface area contributed by atoms with E-state index in [2.05, 4.69) is 42.2 Å². The molecular weight excluding hydrogens is 342 g/mol. The van der Waals surface area contributed by atoms with Crippen molar-refractivity contribution >= 4 is 33.3 Å². The van der Waals surface area contributed by atoms with E-state index in [1.165, 1.54) is 21.0 Å². The summed E-state index contributed by atoms with van der Waals surface area (Å²) in [5.74, 6) is -0.181. The van der Waals surface area contributed by atoms with Crippen LogP contribution in [0.15, 0.2) is 52.3 Å². The van der Waals surface area contributed by atoms with Crippen molar-refractivity contribution in [3.63, 3.8) is 0 Å². The van der Waals surface area contributed by atoms with Gasteiger partial charge in [-0.05, 0) is 49.1 Å². The minimum atomic E-state index is -3.88. The number of anilines is 2. The molecule has 0 aromatic heterocycles. The lowest BCUT2D eigenvalue weighted by atomic mass is 10.1. The fourth-order valence-electron chi connectivity index (χ4n) is 2.89. The number of nitrogens with zero attached hydrogens (tertiary/aromatic N) is 1. The molecule has 0 amide bonds. The van der Waals surface area contributed by atoms with Gasteiger partial charge in [0.2, 0.25) is 0 Å². The Morgan fingerprint density at radius 1 is 1.04 bits per heavy atom. The Balaban J connectivity index is 1.86. The zero-order valence-corrected chi connectivity index (χ0v) is 15.2. The molecule has 0 saturated heterocycles. The zero-order valence-electron chi connectivity index (χ0n) is 13.6. The summed E-state index contributed by atoms with van der Waals surface area (Å²) >= 11 is 1.77. The molecule has 0 bridgehead atoms. The Morgan fingerprint density at radius 2 is 1.79 bits per heavy atom. The van der Waals surface area contributed by atoms with Gasteiger partial charge in [-0.1, -0.05) is 36.9 Å². The third-order valence-electron chi connectivity index (χ3n) is 4.13. The summed E-state index contributed by atoms with van der Waals surface area (Å²) in [5.41, 5.74) is 3.64. The number of unbranched alkanes of at least 4 members (excludes halogenated alkanes) is 1. The quantitative estimate of drug-likeness (QED) is 0.604. The predicted octanol–water partition coefficient (Wildman–Crippen LogP) is 4.52. The van der Waals surface area contributed by atoms with Gasteiger partial charge in [-0.15, -0.1) is 0 Å². The first-order valence-electron chi connectivity index (χ1n) is 8.10. The number of fused-ring (bicyclic) bond motifs is 2. The van der Waals surface area contributed by atoms with Crippen LogP contribution in [0.25, 0.3) is 0 Å². The molecular formula is C18H21NO3S2. The Bertz CT molecular complexity index is 834. The molecule has 0 atom stereocenters. The highest BCUT2D eigenvalue weighted by Gasteiger charge is 2.23. The van der Waals surface area contributed by atoms with Crippen LogP contribution in [0.3, 0.4) is 0 Å². The maximum Gasteiger partial charge on any atom is 0.264 e. The maximum atomic E-state index is 10.9. The van der Waals surface area contributed by atoms with E-state index in [1.54, 1.807) is 11.8 Å². The van der Waals surface area contributed by atoms with E-state index in [-0.39, 0.29) is 5.75 Å². The van der Waals surface area contributed by atoms with Gasteiger partial charge in [-0.25, -0.2) is 0 Å². The second kappa shape index (κ2) is 7.17. The van der Waals surface area contributed by atoms with Gasteiger partial charge in [0, 0.05) is 16.3 Å². The van der Waals surface area contributed by atoms with Crippen molar-refractivity contribution < 1.29 is 13.0 Å². The SMILES string of the molecule is CCc1ccc2c(c1)N(CCCCS(=O)(=O)O)c1ccccc1S2. The molecule has 2 aromatic rings. The largest absolute Gasteiger partial charge is 0.340 e. The predicted molar refractivity (Wildman–Crippen MR) is 99.0 cm³/mol. The van der Waals surface area contributed by atoms with Gasteiger partial charge in [0.1, 0.15) is 0 Å². The minimum Gasteiger partial charge on any atom is -0.340 e. The van der Waals surface area contributed by atoms with Crippen LogP contribution in [0.5, 0.6) is 0 Å². The number of aryl methyl sites for hydroxylation is 1. The van der Waals surface area contributed by atoms with Crippen LogP contribution < -0.4 is 4.90 Å². The first-order chi connectivity index (χ1) is 11.5. The van der Waals surface area contributed by atoms with Crippen LogP contribution in [0.1, 0.15) is 25.3 Å². The fourth-order valence-corrected chi connectivity index (χ4v) is 4.54. The molecule has 3 rings (SSSR count). The highest BCUT2D eigenvalue weighted by Crippen LogP contribution is 2.48. The first-order valence-corrected chi connectivity index (χ1v) is 10.5. The van der Waals surface area contributed by atoms with E-state index in [0.717, 1.165) is 18.7 Å². The van der Waals surface area contributed by atoms with Gasteiger partial charge >= 0.3 is 0 Å². The van der Waals surface area contributed by atoms with E-state index in [4.69, 9.17) is 4.55 Å². The van der Waals surface area contributed by atoms with Crippen molar-refractivity contribution in [2.75, 3.05) is 17.2 Å². The monoisotopic (exact) mass is 363 g/mol. The zero-order chi connectivity index (χ0) is 17.2. The van der Waals surface area contributed by atoms with Gasteiger partial charge in [-0.3, -0.25) is 4.55 Å². The number of hydrogen-bond donors (Lipinski definition) is 1. The lowest BCUT2D eigenvalue weighted by molar-refractivity contribution is 0.480. The molecule has 0 fully saturated rings. The summed E-state index contributed by atoms with van der Waals surface area (Å²) in [6.45, 7) is 2.87. The Hall–Kier alpha value is -1.50. The smallest absolute Gasteiger partial charge is 0.264 e. The minimum absolute atomic E-state index is 0.181.